The molecular formula is C12H22N2S2. The highest BCUT2D eigenvalue weighted by atomic mass is 32.2. The molecule has 4 fully saturated rings. The molecule has 0 aromatic carbocycles. The van der Waals surface area contributed by atoms with Gasteiger partial charge in [0.2, 0.25) is 0 Å². The first-order valence-corrected chi connectivity index (χ1v) is 8.85. The van der Waals surface area contributed by atoms with E-state index in [2.05, 4.69) is 33.7 Å². The van der Waals surface area contributed by atoms with Gasteiger partial charge < -0.3 is 5.32 Å². The van der Waals surface area contributed by atoms with Crippen LogP contribution in [0.25, 0.3) is 0 Å². The molecule has 16 heavy (non-hydrogen) atoms. The Balaban J connectivity index is 1.64. The van der Waals surface area contributed by atoms with E-state index in [4.69, 9.17) is 0 Å². The van der Waals surface area contributed by atoms with Crippen LogP contribution in [0.15, 0.2) is 0 Å². The topological polar surface area (TPSA) is 15.3 Å². The third-order valence-corrected chi connectivity index (χ3v) is 6.56. The second-order valence-electron chi connectivity index (χ2n) is 5.31. The summed E-state index contributed by atoms with van der Waals surface area (Å²) in [5, 5.41) is 3.71. The Morgan fingerprint density at radius 2 is 1.81 bits per heavy atom. The van der Waals surface area contributed by atoms with Crippen molar-refractivity contribution in [3.05, 3.63) is 0 Å². The molecule has 0 aliphatic carbocycles. The molecule has 4 heterocycles. The van der Waals surface area contributed by atoms with Crippen LogP contribution in [0.4, 0.5) is 0 Å². The van der Waals surface area contributed by atoms with Gasteiger partial charge in [-0.2, -0.15) is 23.5 Å². The quantitative estimate of drug-likeness (QED) is 0.767. The lowest BCUT2D eigenvalue weighted by molar-refractivity contribution is 0.220. The minimum absolute atomic E-state index is 0.789. The molecule has 4 heteroatoms. The van der Waals surface area contributed by atoms with E-state index in [9.17, 15) is 0 Å². The molecule has 92 valence electrons. The number of nitrogens with zero attached hydrogens (tertiary/aromatic N) is 1. The molecular weight excluding hydrogens is 236 g/mol. The fourth-order valence-electron chi connectivity index (χ4n) is 3.09. The SMILES string of the molecule is C1CSCC(N2C[C@H]3CC[C@@H](C2)NC3)CS1. The summed E-state index contributed by atoms with van der Waals surface area (Å²) in [6, 6.07) is 1.64. The van der Waals surface area contributed by atoms with Gasteiger partial charge in [0.25, 0.3) is 0 Å². The van der Waals surface area contributed by atoms with Crippen LogP contribution in [-0.4, -0.2) is 59.6 Å². The van der Waals surface area contributed by atoms with Gasteiger partial charge in [0.1, 0.15) is 0 Å². The molecule has 0 amide bonds. The summed E-state index contributed by atoms with van der Waals surface area (Å²) >= 11 is 4.33. The van der Waals surface area contributed by atoms with E-state index in [-0.39, 0.29) is 0 Å². The summed E-state index contributed by atoms with van der Waals surface area (Å²) in [4.78, 5) is 2.80. The summed E-state index contributed by atoms with van der Waals surface area (Å²) in [6.07, 6.45) is 2.87. The van der Waals surface area contributed by atoms with Crippen LogP contribution < -0.4 is 5.32 Å². The molecule has 0 saturated carbocycles. The second-order valence-corrected chi connectivity index (χ2v) is 7.61. The summed E-state index contributed by atoms with van der Waals surface area (Å²) in [6.45, 7) is 3.94. The van der Waals surface area contributed by atoms with Gasteiger partial charge in [-0.3, -0.25) is 4.90 Å². The standard InChI is InChI=1S/C12H22N2S2/c1-2-11-7-14(6-10(1)5-13-11)12-8-15-3-4-16-9-12/h10-13H,1-9H2/t10-,11-/m0/s1. The number of rotatable bonds is 1. The first-order valence-electron chi connectivity index (χ1n) is 6.55. The Hall–Kier alpha value is 0.620. The molecule has 2 nitrogen and oxygen atoms in total. The Labute approximate surface area is 107 Å². The zero-order valence-electron chi connectivity index (χ0n) is 9.86. The maximum atomic E-state index is 3.71. The van der Waals surface area contributed by atoms with E-state index in [0.717, 1.165) is 18.0 Å². The van der Waals surface area contributed by atoms with Gasteiger partial charge in [-0.15, -0.1) is 0 Å². The fourth-order valence-corrected chi connectivity index (χ4v) is 5.72. The number of hydrogen-bond acceptors (Lipinski definition) is 4. The molecule has 0 radical (unpaired) electrons. The van der Waals surface area contributed by atoms with Gasteiger partial charge >= 0.3 is 0 Å². The number of piperidine rings is 1. The third-order valence-electron chi connectivity index (χ3n) is 4.08. The lowest BCUT2D eigenvalue weighted by atomic mass is 9.97. The van der Waals surface area contributed by atoms with Crippen molar-refractivity contribution in [1.82, 2.24) is 10.2 Å². The summed E-state index contributed by atoms with van der Waals surface area (Å²) in [7, 11) is 0. The number of nitrogens with one attached hydrogen (secondary N) is 1. The van der Waals surface area contributed by atoms with Gasteiger partial charge in [-0.05, 0) is 25.3 Å². The zero-order chi connectivity index (χ0) is 10.8. The number of thioether (sulfide) groups is 2. The first-order chi connectivity index (χ1) is 7.92. The van der Waals surface area contributed by atoms with Gasteiger partial charge in [0.05, 0.1) is 0 Å². The minimum Gasteiger partial charge on any atom is -0.312 e. The van der Waals surface area contributed by atoms with Crippen LogP contribution in [0.3, 0.4) is 0 Å². The number of fused-ring (bicyclic) bond motifs is 4. The fraction of sp³-hybridized carbons (Fsp3) is 1.00. The van der Waals surface area contributed by atoms with E-state index < -0.39 is 0 Å². The van der Waals surface area contributed by atoms with Crippen LogP contribution in [0.1, 0.15) is 12.8 Å². The highest BCUT2D eigenvalue weighted by molar-refractivity contribution is 8.03. The Kier molecular flexibility index (Phi) is 4.03. The molecule has 0 aromatic rings. The van der Waals surface area contributed by atoms with Crippen LogP contribution in [-0.2, 0) is 0 Å². The molecule has 0 unspecified atom stereocenters. The molecule has 2 atom stereocenters. The lowest BCUT2D eigenvalue weighted by Crippen LogP contribution is -2.44. The molecule has 2 bridgehead atoms. The van der Waals surface area contributed by atoms with Crippen molar-refractivity contribution in [1.29, 1.82) is 0 Å². The third kappa shape index (κ3) is 2.71. The molecule has 1 N–H and O–H groups in total. The second kappa shape index (κ2) is 5.51. The Morgan fingerprint density at radius 1 is 1.00 bits per heavy atom. The smallest absolute Gasteiger partial charge is 0.0277 e. The Morgan fingerprint density at radius 3 is 2.50 bits per heavy atom. The first kappa shape index (κ1) is 11.7. The van der Waals surface area contributed by atoms with Crippen LogP contribution in [0.2, 0.25) is 0 Å². The molecule has 0 aromatic heterocycles. The maximum Gasteiger partial charge on any atom is 0.0277 e. The summed E-state index contributed by atoms with van der Waals surface area (Å²) in [5.74, 6) is 6.39. The average molecular weight is 258 g/mol. The molecule has 4 aliphatic heterocycles. The molecule has 4 aliphatic rings. The highest BCUT2D eigenvalue weighted by Crippen LogP contribution is 2.26. The van der Waals surface area contributed by atoms with Crippen LogP contribution in [0, 0.1) is 5.92 Å². The van der Waals surface area contributed by atoms with E-state index >= 15 is 0 Å². The molecule has 0 spiro atoms. The van der Waals surface area contributed by atoms with Crippen LogP contribution in [0.5, 0.6) is 0 Å². The Bertz CT molecular complexity index is 207. The summed E-state index contributed by atoms with van der Waals surface area (Å²) < 4.78 is 0. The van der Waals surface area contributed by atoms with E-state index in [0.29, 0.717) is 0 Å². The van der Waals surface area contributed by atoms with Gasteiger partial charge in [0.15, 0.2) is 0 Å². The predicted octanol–water partition coefficient (Wildman–Crippen LogP) is 1.52. The van der Waals surface area contributed by atoms with Crippen molar-refractivity contribution >= 4 is 23.5 Å². The van der Waals surface area contributed by atoms with Gasteiger partial charge in [-0.25, -0.2) is 0 Å². The number of hydrogen-bond donors (Lipinski definition) is 1. The van der Waals surface area contributed by atoms with Crippen molar-refractivity contribution in [2.75, 3.05) is 42.6 Å². The zero-order valence-corrected chi connectivity index (χ0v) is 11.5. The van der Waals surface area contributed by atoms with Crippen molar-refractivity contribution < 1.29 is 0 Å². The predicted molar refractivity (Wildman–Crippen MR) is 74.5 cm³/mol. The van der Waals surface area contributed by atoms with Gasteiger partial charge in [0, 0.05) is 48.2 Å². The van der Waals surface area contributed by atoms with E-state index in [1.165, 1.54) is 55.5 Å². The average Bonchev–Trinajstić information content (AvgIpc) is 2.76. The van der Waals surface area contributed by atoms with Crippen molar-refractivity contribution in [3.8, 4) is 0 Å². The molecule has 4 saturated heterocycles. The monoisotopic (exact) mass is 258 g/mol. The van der Waals surface area contributed by atoms with Gasteiger partial charge in [-0.1, -0.05) is 0 Å². The van der Waals surface area contributed by atoms with Crippen molar-refractivity contribution in [2.24, 2.45) is 5.92 Å². The normalized spacial score (nSPS) is 38.2. The van der Waals surface area contributed by atoms with E-state index in [1.54, 1.807) is 0 Å². The lowest BCUT2D eigenvalue weighted by Gasteiger charge is -2.30. The molecule has 4 rings (SSSR count). The minimum atomic E-state index is 0.789. The highest BCUT2D eigenvalue weighted by Gasteiger charge is 2.32. The van der Waals surface area contributed by atoms with E-state index in [1.807, 2.05) is 0 Å². The maximum absolute atomic E-state index is 3.71. The van der Waals surface area contributed by atoms with Crippen LogP contribution >= 0.6 is 23.5 Å². The van der Waals surface area contributed by atoms with Crippen molar-refractivity contribution in [2.45, 2.75) is 24.9 Å². The largest absolute Gasteiger partial charge is 0.312 e. The summed E-state index contributed by atoms with van der Waals surface area (Å²) in [5.41, 5.74) is 0. The van der Waals surface area contributed by atoms with Crippen molar-refractivity contribution in [3.63, 3.8) is 0 Å².